The summed E-state index contributed by atoms with van der Waals surface area (Å²) < 4.78 is 5.73. The summed E-state index contributed by atoms with van der Waals surface area (Å²) in [5, 5.41) is 5.11. The molecule has 1 atom stereocenters. The van der Waals surface area contributed by atoms with Crippen molar-refractivity contribution in [3.05, 3.63) is 0 Å². The molecule has 0 aliphatic carbocycles. The van der Waals surface area contributed by atoms with Gasteiger partial charge in [-0.3, -0.25) is 4.79 Å². The van der Waals surface area contributed by atoms with E-state index in [1.54, 1.807) is 0 Å². The molecule has 1 aliphatic rings. The van der Waals surface area contributed by atoms with Gasteiger partial charge in [-0.15, -0.1) is 5.06 Å². The van der Waals surface area contributed by atoms with E-state index in [2.05, 4.69) is 19.2 Å². The summed E-state index contributed by atoms with van der Waals surface area (Å²) in [6.07, 6.45) is 24.6. The Morgan fingerprint density at radius 1 is 0.758 bits per heavy atom. The van der Waals surface area contributed by atoms with Crippen LogP contribution in [0.2, 0.25) is 0 Å². The lowest BCUT2D eigenvalue weighted by Gasteiger charge is -2.31. The lowest BCUT2D eigenvalue weighted by Crippen LogP contribution is -2.50. The van der Waals surface area contributed by atoms with Crippen LogP contribution in [-0.2, 0) is 14.4 Å². The van der Waals surface area contributed by atoms with Gasteiger partial charge in [0.15, 0.2) is 0 Å². The molecular formula is C28H56N2O3. The van der Waals surface area contributed by atoms with Crippen LogP contribution >= 0.6 is 0 Å². The number of nitrogens with one attached hydrogen (secondary N) is 1. The van der Waals surface area contributed by atoms with E-state index < -0.39 is 0 Å². The minimum Gasteiger partial charge on any atom is -0.381 e. The molecule has 1 unspecified atom stereocenters. The molecule has 1 aliphatic heterocycles. The number of carbonyl (C=O) groups excluding carboxylic acids is 1. The van der Waals surface area contributed by atoms with Crippen molar-refractivity contribution in [3.8, 4) is 0 Å². The van der Waals surface area contributed by atoms with Gasteiger partial charge in [0.2, 0.25) is 0 Å². The normalized spacial score (nSPS) is 16.8. The van der Waals surface area contributed by atoms with Crippen molar-refractivity contribution in [2.45, 2.75) is 142 Å². The Kier molecular flexibility index (Phi) is 21.3. The minimum absolute atomic E-state index is 0.110. The molecule has 33 heavy (non-hydrogen) atoms. The molecule has 0 amide bonds. The van der Waals surface area contributed by atoms with Crippen molar-refractivity contribution >= 4 is 5.97 Å². The summed E-state index contributed by atoms with van der Waals surface area (Å²) in [7, 11) is 0. The average Bonchev–Trinajstić information content (AvgIpc) is 2.81. The fourth-order valence-corrected chi connectivity index (χ4v) is 4.46. The third-order valence-electron chi connectivity index (χ3n) is 6.72. The maximum atomic E-state index is 11.9. The van der Waals surface area contributed by atoms with Gasteiger partial charge in [-0.05, 0) is 26.2 Å². The molecule has 1 rings (SSSR count). The molecule has 0 aromatic heterocycles. The van der Waals surface area contributed by atoms with Crippen LogP contribution in [0.25, 0.3) is 0 Å². The first kappa shape index (κ1) is 30.4. The number of piperazine rings is 1. The van der Waals surface area contributed by atoms with E-state index in [-0.39, 0.29) is 12.0 Å². The van der Waals surface area contributed by atoms with E-state index in [1.165, 1.54) is 103 Å². The van der Waals surface area contributed by atoms with Crippen LogP contribution in [0.4, 0.5) is 0 Å². The van der Waals surface area contributed by atoms with Crippen molar-refractivity contribution in [2.24, 2.45) is 0 Å². The smallest absolute Gasteiger partial charge is 0.325 e. The summed E-state index contributed by atoms with van der Waals surface area (Å²) in [6, 6.07) is 0.255. The highest BCUT2D eigenvalue weighted by atomic mass is 16.7. The summed E-state index contributed by atoms with van der Waals surface area (Å²) in [4.78, 5) is 17.4. The number of hydroxylamine groups is 2. The summed E-state index contributed by atoms with van der Waals surface area (Å²) in [5.74, 6) is -0.110. The van der Waals surface area contributed by atoms with Crippen molar-refractivity contribution in [1.29, 1.82) is 0 Å². The maximum absolute atomic E-state index is 11.9. The van der Waals surface area contributed by atoms with Gasteiger partial charge in [0.25, 0.3) is 0 Å². The number of unbranched alkanes of at least 4 members (excludes halogenated alkanes) is 16. The first-order chi connectivity index (χ1) is 16.2. The molecule has 5 nitrogen and oxygen atoms in total. The van der Waals surface area contributed by atoms with Crippen LogP contribution in [0.3, 0.4) is 0 Å². The summed E-state index contributed by atoms with van der Waals surface area (Å²) in [6.45, 7) is 8.51. The fraction of sp³-hybridized carbons (Fsp3) is 0.964. The average molecular weight is 469 g/mol. The number of hydrogen-bond donors (Lipinski definition) is 1. The Labute approximate surface area is 205 Å². The summed E-state index contributed by atoms with van der Waals surface area (Å²) >= 11 is 0. The predicted molar refractivity (Wildman–Crippen MR) is 139 cm³/mol. The largest absolute Gasteiger partial charge is 0.381 e. The van der Waals surface area contributed by atoms with E-state index in [9.17, 15) is 4.79 Å². The van der Waals surface area contributed by atoms with Crippen molar-refractivity contribution < 1.29 is 14.4 Å². The zero-order valence-electron chi connectivity index (χ0n) is 22.2. The molecule has 0 radical (unpaired) electrons. The molecule has 196 valence electrons. The molecule has 1 saturated heterocycles. The van der Waals surface area contributed by atoms with Crippen molar-refractivity contribution in [2.75, 3.05) is 32.8 Å². The Morgan fingerprint density at radius 2 is 1.24 bits per heavy atom. The number of carbonyl (C=O) groups is 1. The Hall–Kier alpha value is -0.650. The lowest BCUT2D eigenvalue weighted by atomic mass is 10.0. The standard InChI is InChI=1S/C28H56N2O3/c1-3-4-5-6-7-8-9-10-11-12-13-14-15-16-17-19-24-32-25-20-18-21-28(31)33-30-23-22-29-26-27(30)2/h27,29H,3-26H2,1-2H3. The van der Waals surface area contributed by atoms with Crippen molar-refractivity contribution in [1.82, 2.24) is 10.4 Å². The molecule has 0 spiro atoms. The van der Waals surface area contributed by atoms with Crippen LogP contribution in [0, 0.1) is 0 Å². The summed E-state index contributed by atoms with van der Waals surface area (Å²) in [5.41, 5.74) is 0. The molecule has 0 aromatic carbocycles. The minimum atomic E-state index is -0.110. The van der Waals surface area contributed by atoms with Gasteiger partial charge in [0.1, 0.15) is 0 Å². The van der Waals surface area contributed by atoms with Gasteiger partial charge in [-0.1, -0.05) is 103 Å². The molecule has 1 fully saturated rings. The first-order valence-corrected chi connectivity index (χ1v) is 14.5. The second kappa shape index (κ2) is 23.1. The maximum Gasteiger partial charge on any atom is 0.325 e. The van der Waals surface area contributed by atoms with Crippen LogP contribution < -0.4 is 5.32 Å². The van der Waals surface area contributed by atoms with E-state index in [1.807, 2.05) is 5.06 Å². The zero-order chi connectivity index (χ0) is 23.8. The third kappa shape index (κ3) is 19.4. The van der Waals surface area contributed by atoms with Crippen LogP contribution in [0.5, 0.6) is 0 Å². The van der Waals surface area contributed by atoms with E-state index >= 15 is 0 Å². The van der Waals surface area contributed by atoms with Gasteiger partial charge in [-0.2, -0.15) is 0 Å². The molecule has 0 bridgehead atoms. The topological polar surface area (TPSA) is 50.8 Å². The van der Waals surface area contributed by atoms with Gasteiger partial charge in [-0.25, -0.2) is 0 Å². The highest BCUT2D eigenvalue weighted by Crippen LogP contribution is 2.14. The van der Waals surface area contributed by atoms with Gasteiger partial charge in [0, 0.05) is 39.3 Å². The number of nitrogens with zero attached hydrogens (tertiary/aromatic N) is 1. The fourth-order valence-electron chi connectivity index (χ4n) is 4.46. The first-order valence-electron chi connectivity index (χ1n) is 14.5. The Bertz CT molecular complexity index is 433. The van der Waals surface area contributed by atoms with Gasteiger partial charge in [0.05, 0.1) is 6.04 Å². The molecule has 1 N–H and O–H groups in total. The van der Waals surface area contributed by atoms with E-state index in [0.717, 1.165) is 45.7 Å². The van der Waals surface area contributed by atoms with Gasteiger partial charge >= 0.3 is 5.97 Å². The molecule has 0 aromatic rings. The molecule has 5 heteroatoms. The molecule has 0 saturated carbocycles. The number of rotatable bonds is 23. The number of ether oxygens (including phenoxy) is 1. The van der Waals surface area contributed by atoms with Gasteiger partial charge < -0.3 is 14.9 Å². The second-order valence-electron chi connectivity index (χ2n) is 10.0. The zero-order valence-corrected chi connectivity index (χ0v) is 22.2. The monoisotopic (exact) mass is 468 g/mol. The number of hydrogen-bond acceptors (Lipinski definition) is 5. The SMILES string of the molecule is CCCCCCCCCCCCCCCCCCOCCCCC(=O)ON1CCNCC1C. The third-order valence-corrected chi connectivity index (χ3v) is 6.72. The Morgan fingerprint density at radius 3 is 1.76 bits per heavy atom. The lowest BCUT2D eigenvalue weighted by molar-refractivity contribution is -0.204. The second-order valence-corrected chi connectivity index (χ2v) is 10.0. The van der Waals surface area contributed by atoms with Crippen LogP contribution in [-0.4, -0.2) is 49.9 Å². The highest BCUT2D eigenvalue weighted by molar-refractivity contribution is 5.68. The quantitative estimate of drug-likeness (QED) is 0.161. The van der Waals surface area contributed by atoms with Crippen LogP contribution in [0.1, 0.15) is 136 Å². The predicted octanol–water partition coefficient (Wildman–Crippen LogP) is 7.19. The van der Waals surface area contributed by atoms with E-state index in [0.29, 0.717) is 6.42 Å². The Balaban J connectivity index is 1.71. The van der Waals surface area contributed by atoms with E-state index in [4.69, 9.17) is 9.57 Å². The molecule has 1 heterocycles. The van der Waals surface area contributed by atoms with Crippen molar-refractivity contribution in [3.63, 3.8) is 0 Å². The molecular weight excluding hydrogens is 412 g/mol. The highest BCUT2D eigenvalue weighted by Gasteiger charge is 2.21. The van der Waals surface area contributed by atoms with Crippen LogP contribution in [0.15, 0.2) is 0 Å².